The van der Waals surface area contributed by atoms with Crippen LogP contribution in [-0.4, -0.2) is 61.1 Å². The van der Waals surface area contributed by atoms with E-state index in [0.717, 1.165) is 62.4 Å². The van der Waals surface area contributed by atoms with E-state index in [-0.39, 0.29) is 0 Å². The van der Waals surface area contributed by atoms with E-state index in [2.05, 4.69) is 31.2 Å². The topological polar surface area (TPSA) is 125 Å². The Morgan fingerprint density at radius 3 is 2.73 bits per heavy atom. The van der Waals surface area contributed by atoms with Gasteiger partial charge < -0.3 is 15.0 Å². The third-order valence-corrected chi connectivity index (χ3v) is 7.80. The van der Waals surface area contributed by atoms with Gasteiger partial charge in [-0.3, -0.25) is 9.82 Å². The van der Waals surface area contributed by atoms with Gasteiger partial charge in [-0.2, -0.15) is 5.10 Å². The van der Waals surface area contributed by atoms with Gasteiger partial charge in [-0.25, -0.2) is 18.4 Å². The second-order valence-corrected chi connectivity index (χ2v) is 11.7. The van der Waals surface area contributed by atoms with E-state index >= 15 is 0 Å². The Hall–Kier alpha value is -3.74. The van der Waals surface area contributed by atoms with Crippen molar-refractivity contribution in [2.24, 2.45) is 0 Å². The first-order valence-electron chi connectivity index (χ1n) is 11.8. The number of aromatic nitrogens is 4. The maximum Gasteiger partial charge on any atom is 0.229 e. The van der Waals surface area contributed by atoms with Crippen LogP contribution in [0.2, 0.25) is 0 Å². The van der Waals surface area contributed by atoms with Crippen molar-refractivity contribution in [3.8, 4) is 11.4 Å². The number of aromatic amines is 1. The number of fused-ring (bicyclic) bond motifs is 2. The smallest absolute Gasteiger partial charge is 0.229 e. The largest absolute Gasteiger partial charge is 0.380 e. The van der Waals surface area contributed by atoms with Gasteiger partial charge in [0.05, 0.1) is 47.1 Å². The number of nitrogens with zero attached hydrogens (tertiary/aromatic N) is 4. The number of ether oxygens (including phenoxy) is 1. The van der Waals surface area contributed by atoms with Crippen molar-refractivity contribution >= 4 is 59.7 Å². The number of rotatable bonds is 7. The summed E-state index contributed by atoms with van der Waals surface area (Å²) in [5, 5.41) is 11.6. The van der Waals surface area contributed by atoms with Gasteiger partial charge in [-0.1, -0.05) is 18.2 Å². The molecule has 4 heterocycles. The molecule has 0 saturated carbocycles. The Kier molecular flexibility index (Phi) is 6.14. The van der Waals surface area contributed by atoms with E-state index in [4.69, 9.17) is 14.7 Å². The molecule has 0 bridgehead atoms. The summed E-state index contributed by atoms with van der Waals surface area (Å²) < 4.78 is 32.3. The van der Waals surface area contributed by atoms with E-state index in [1.807, 2.05) is 36.5 Å². The van der Waals surface area contributed by atoms with Gasteiger partial charge in [0, 0.05) is 41.1 Å². The molecule has 0 unspecified atom stereocenters. The van der Waals surface area contributed by atoms with Crippen LogP contribution in [0, 0.1) is 0 Å². The number of sulfonamides is 1. The number of hydrogen-bond acceptors (Lipinski definition) is 9. The third kappa shape index (κ3) is 5.08. The Labute approximate surface area is 217 Å². The van der Waals surface area contributed by atoms with Crippen LogP contribution in [0.3, 0.4) is 0 Å². The summed E-state index contributed by atoms with van der Waals surface area (Å²) in [5.74, 6) is 1.58. The van der Waals surface area contributed by atoms with Crippen LogP contribution in [0.4, 0.5) is 17.2 Å². The fraction of sp³-hybridized carbons (Fsp3) is 0.240. The Balaban J connectivity index is 1.35. The molecule has 1 aliphatic heterocycles. The van der Waals surface area contributed by atoms with Crippen LogP contribution in [0.25, 0.3) is 32.5 Å². The fourth-order valence-electron chi connectivity index (χ4n) is 4.42. The van der Waals surface area contributed by atoms with Gasteiger partial charge in [0.1, 0.15) is 0 Å². The first kappa shape index (κ1) is 23.6. The van der Waals surface area contributed by atoms with Crippen molar-refractivity contribution in [1.29, 1.82) is 0 Å². The summed E-state index contributed by atoms with van der Waals surface area (Å²) in [6.45, 7) is 3.43. The molecule has 3 N–H and O–H groups in total. The second kappa shape index (κ2) is 9.61. The highest BCUT2D eigenvalue weighted by Gasteiger charge is 2.21. The summed E-state index contributed by atoms with van der Waals surface area (Å²) in [4.78, 5) is 13.4. The molecule has 37 heavy (non-hydrogen) atoms. The molecule has 0 radical (unpaired) electrons. The van der Waals surface area contributed by atoms with Crippen molar-refractivity contribution in [2.75, 3.05) is 47.5 Å². The van der Waals surface area contributed by atoms with Crippen molar-refractivity contribution in [3.63, 3.8) is 0 Å². The van der Waals surface area contributed by atoms with E-state index in [0.29, 0.717) is 31.3 Å². The maximum atomic E-state index is 11.6. The van der Waals surface area contributed by atoms with Gasteiger partial charge in [0.2, 0.25) is 10.0 Å². The first-order valence-corrected chi connectivity index (χ1v) is 14.5. The van der Waals surface area contributed by atoms with Crippen LogP contribution >= 0.6 is 11.3 Å². The van der Waals surface area contributed by atoms with Crippen LogP contribution < -0.4 is 14.9 Å². The van der Waals surface area contributed by atoms with E-state index in [1.165, 1.54) is 0 Å². The zero-order valence-electron chi connectivity index (χ0n) is 20.1. The Morgan fingerprint density at radius 1 is 1.08 bits per heavy atom. The second-order valence-electron chi connectivity index (χ2n) is 8.84. The number of thiophene rings is 1. The van der Waals surface area contributed by atoms with Gasteiger partial charge >= 0.3 is 0 Å². The molecule has 1 aliphatic rings. The van der Waals surface area contributed by atoms with Gasteiger partial charge in [0.25, 0.3) is 0 Å². The summed E-state index contributed by atoms with van der Waals surface area (Å²) in [5.41, 5.74) is 4.10. The molecular formula is C25H25N7O3S2. The van der Waals surface area contributed by atoms with E-state index in [1.54, 1.807) is 23.5 Å². The van der Waals surface area contributed by atoms with Crippen LogP contribution in [-0.2, 0) is 21.3 Å². The third-order valence-electron chi connectivity index (χ3n) is 6.07. The summed E-state index contributed by atoms with van der Waals surface area (Å²) in [6, 6.07) is 15.3. The quantitative estimate of drug-likeness (QED) is 0.285. The molecule has 1 fully saturated rings. The summed E-state index contributed by atoms with van der Waals surface area (Å²) >= 11 is 1.66. The van der Waals surface area contributed by atoms with Crippen molar-refractivity contribution in [1.82, 2.24) is 20.2 Å². The normalized spacial score (nSPS) is 14.4. The maximum absolute atomic E-state index is 11.6. The lowest BCUT2D eigenvalue weighted by Crippen LogP contribution is -2.36. The first-order chi connectivity index (χ1) is 17.9. The Morgan fingerprint density at radius 2 is 1.89 bits per heavy atom. The molecule has 0 spiro atoms. The van der Waals surface area contributed by atoms with Gasteiger partial charge in [-0.15, -0.1) is 11.3 Å². The predicted octanol–water partition coefficient (Wildman–Crippen LogP) is 4.05. The minimum absolute atomic E-state index is 0.516. The molecule has 3 aromatic heterocycles. The fourth-order valence-corrected chi connectivity index (χ4v) is 6.03. The minimum atomic E-state index is -3.34. The number of nitrogens with one attached hydrogen (secondary N) is 3. The molecule has 1 saturated heterocycles. The molecule has 5 aromatic rings. The highest BCUT2D eigenvalue weighted by Crippen LogP contribution is 2.36. The molecule has 12 heteroatoms. The van der Waals surface area contributed by atoms with Crippen molar-refractivity contribution in [2.45, 2.75) is 6.54 Å². The predicted molar refractivity (Wildman–Crippen MR) is 148 cm³/mol. The molecule has 0 atom stereocenters. The number of benzene rings is 2. The van der Waals surface area contributed by atoms with Gasteiger partial charge in [-0.05, 0) is 30.3 Å². The number of H-pyrrole nitrogens is 1. The number of morpholine rings is 1. The highest BCUT2D eigenvalue weighted by molar-refractivity contribution is 7.92. The molecular weight excluding hydrogens is 510 g/mol. The van der Waals surface area contributed by atoms with E-state index in [9.17, 15) is 8.42 Å². The van der Waals surface area contributed by atoms with Crippen LogP contribution in [0.1, 0.15) is 4.88 Å². The van der Waals surface area contributed by atoms with Gasteiger partial charge in [0.15, 0.2) is 11.6 Å². The average Bonchev–Trinajstić information content (AvgIpc) is 3.53. The lowest BCUT2D eigenvalue weighted by Gasteiger charge is -2.28. The SMILES string of the molecule is CS(=O)(=O)Nc1cccc(NCc2cc3nc(-c4cccc5[nH]ncc45)nc(N4CCOCC4)c3s2)c1. The molecule has 10 nitrogen and oxygen atoms in total. The lowest BCUT2D eigenvalue weighted by molar-refractivity contribution is 0.122. The zero-order valence-corrected chi connectivity index (χ0v) is 21.7. The number of hydrogen-bond donors (Lipinski definition) is 3. The van der Waals surface area contributed by atoms with Crippen LogP contribution in [0.15, 0.2) is 54.7 Å². The summed E-state index contributed by atoms with van der Waals surface area (Å²) in [6.07, 6.45) is 2.95. The average molecular weight is 536 g/mol. The summed E-state index contributed by atoms with van der Waals surface area (Å²) in [7, 11) is -3.34. The Bertz CT molecular complexity index is 1690. The monoisotopic (exact) mass is 535 g/mol. The standard InChI is InChI=1S/C25H25N7O3S2/c1-37(33,34)31-17-5-2-4-16(12-17)26-14-18-13-22-23(36-18)25(32-8-10-35-11-9-32)29-24(28-22)19-6-3-7-21-20(19)15-27-30-21/h2-7,12-13,15,26,31H,8-11,14H2,1H3,(H,27,30). The van der Waals surface area contributed by atoms with Crippen molar-refractivity contribution < 1.29 is 13.2 Å². The molecule has 0 amide bonds. The minimum Gasteiger partial charge on any atom is -0.380 e. The molecule has 6 rings (SSSR count). The molecule has 2 aromatic carbocycles. The zero-order chi connectivity index (χ0) is 25.4. The highest BCUT2D eigenvalue weighted by atomic mass is 32.2. The van der Waals surface area contributed by atoms with Crippen LogP contribution in [0.5, 0.6) is 0 Å². The lowest BCUT2D eigenvalue weighted by atomic mass is 10.1. The molecule has 190 valence electrons. The van der Waals surface area contributed by atoms with E-state index < -0.39 is 10.0 Å². The molecule has 0 aliphatic carbocycles. The van der Waals surface area contributed by atoms with Crippen molar-refractivity contribution in [3.05, 3.63) is 59.6 Å². The number of anilines is 3.